The van der Waals surface area contributed by atoms with Crippen molar-refractivity contribution in [3.63, 3.8) is 0 Å². The van der Waals surface area contributed by atoms with E-state index in [2.05, 4.69) is 0 Å². The summed E-state index contributed by atoms with van der Waals surface area (Å²) in [6.07, 6.45) is -23.3. The summed E-state index contributed by atoms with van der Waals surface area (Å²) >= 11 is 0. The van der Waals surface area contributed by atoms with Gasteiger partial charge in [-0.3, -0.25) is 0 Å². The van der Waals surface area contributed by atoms with Gasteiger partial charge < -0.3 is 79.5 Å². The van der Waals surface area contributed by atoms with Crippen LogP contribution in [0.15, 0.2) is 0 Å². The van der Waals surface area contributed by atoms with Crippen molar-refractivity contribution in [2.45, 2.75) is 118 Å². The van der Waals surface area contributed by atoms with E-state index in [0.29, 0.717) is 0 Å². The third kappa shape index (κ3) is 7.16. The monoisotopic (exact) mass is 560 g/mol. The Labute approximate surface area is 218 Å². The van der Waals surface area contributed by atoms with E-state index in [0.717, 1.165) is 0 Å². The minimum atomic E-state index is -1.78. The molecule has 3 aliphatic rings. The third-order valence-corrected chi connectivity index (χ3v) is 6.50. The number of rotatable bonds is 8. The molecule has 38 heavy (non-hydrogen) atoms. The average molecular weight is 561 g/mol. The van der Waals surface area contributed by atoms with E-state index in [1.54, 1.807) is 20.8 Å². The molecule has 0 amide bonds. The smallest absolute Gasteiger partial charge is 0.187 e. The molecule has 224 valence electrons. The standard InChI is InChI=1S/C22H40O16/c1-22(2,3)38-21-18(32)15(29)12(26)9(37-21)6-34-20-17(31)14(28)11(25)8(36-20)5-33-19-16(30)13(27)10(24)7(4-23)35-19/h7-21,23-32H,4-6H2,1-3H3/t7-,8-,9?,10-,11-,12-,13+,14+,15+,16-,17-,18-,19-,20-,21+/m1/s1. The van der Waals surface area contributed by atoms with Gasteiger partial charge in [-0.05, 0) is 20.8 Å². The minimum absolute atomic E-state index is 0.500. The Balaban J connectivity index is 1.61. The normalized spacial score (nSPS) is 48.7. The fourth-order valence-electron chi connectivity index (χ4n) is 4.28. The van der Waals surface area contributed by atoms with Gasteiger partial charge in [-0.1, -0.05) is 0 Å². The van der Waals surface area contributed by atoms with Gasteiger partial charge in [0.2, 0.25) is 0 Å². The van der Waals surface area contributed by atoms with Gasteiger partial charge in [-0.25, -0.2) is 0 Å². The van der Waals surface area contributed by atoms with Gasteiger partial charge in [0.05, 0.1) is 25.4 Å². The lowest BCUT2D eigenvalue weighted by molar-refractivity contribution is -0.347. The van der Waals surface area contributed by atoms with E-state index in [4.69, 9.17) is 28.4 Å². The van der Waals surface area contributed by atoms with E-state index in [-0.39, 0.29) is 0 Å². The molecule has 3 rings (SSSR count). The molecule has 10 N–H and O–H groups in total. The maximum absolute atomic E-state index is 10.3. The Bertz CT molecular complexity index is 735. The van der Waals surface area contributed by atoms with E-state index in [9.17, 15) is 51.1 Å². The molecule has 15 atom stereocenters. The summed E-state index contributed by atoms with van der Waals surface area (Å²) in [5.74, 6) is 0. The molecular weight excluding hydrogens is 520 g/mol. The highest BCUT2D eigenvalue weighted by molar-refractivity contribution is 4.93. The number of hydrogen-bond donors (Lipinski definition) is 10. The molecule has 3 heterocycles. The molecule has 1 unspecified atom stereocenters. The summed E-state index contributed by atoms with van der Waals surface area (Å²) in [4.78, 5) is 0. The Kier molecular flexibility index (Phi) is 10.8. The van der Waals surface area contributed by atoms with Crippen molar-refractivity contribution in [3.8, 4) is 0 Å². The van der Waals surface area contributed by atoms with Crippen molar-refractivity contribution in [2.75, 3.05) is 19.8 Å². The summed E-state index contributed by atoms with van der Waals surface area (Å²) < 4.78 is 32.7. The van der Waals surface area contributed by atoms with E-state index in [1.165, 1.54) is 0 Å². The van der Waals surface area contributed by atoms with Crippen LogP contribution in [-0.4, -0.2) is 169 Å². The molecular formula is C22H40O16. The summed E-state index contributed by atoms with van der Waals surface area (Å²) in [7, 11) is 0. The van der Waals surface area contributed by atoms with Gasteiger partial charge in [0.15, 0.2) is 18.9 Å². The van der Waals surface area contributed by atoms with Crippen LogP contribution in [0.1, 0.15) is 20.8 Å². The maximum Gasteiger partial charge on any atom is 0.187 e. The predicted molar refractivity (Wildman–Crippen MR) is 120 cm³/mol. The Morgan fingerprint density at radius 1 is 0.500 bits per heavy atom. The topological polar surface area (TPSA) is 258 Å². The van der Waals surface area contributed by atoms with Gasteiger partial charge >= 0.3 is 0 Å². The second-order valence-corrected chi connectivity index (χ2v) is 10.6. The van der Waals surface area contributed by atoms with Crippen LogP contribution in [0.5, 0.6) is 0 Å². The zero-order chi connectivity index (χ0) is 28.5. The molecule has 0 radical (unpaired) electrons. The van der Waals surface area contributed by atoms with E-state index in [1.807, 2.05) is 0 Å². The SMILES string of the molecule is CC(C)(C)O[C@@H]1OC(CO[C@@H]2O[C@H](CO[C@@H]3O[C@H](CO)[C@@H](O)[C@H](O)[C@H]3O)[C@@H](O)[C@H](O)[C@H]2O)[C@@H](O)[C@H](O)[C@H]1O. The van der Waals surface area contributed by atoms with Gasteiger partial charge in [0, 0.05) is 0 Å². The third-order valence-electron chi connectivity index (χ3n) is 6.50. The lowest BCUT2D eigenvalue weighted by atomic mass is 9.98. The molecule has 16 heteroatoms. The summed E-state index contributed by atoms with van der Waals surface area (Å²) in [5, 5.41) is 101. The van der Waals surface area contributed by atoms with Crippen molar-refractivity contribution in [1.29, 1.82) is 0 Å². The Morgan fingerprint density at radius 3 is 1.24 bits per heavy atom. The number of ether oxygens (including phenoxy) is 6. The second-order valence-electron chi connectivity index (χ2n) is 10.6. The Morgan fingerprint density at radius 2 is 0.842 bits per heavy atom. The quantitative estimate of drug-likeness (QED) is 0.133. The first-order valence-electron chi connectivity index (χ1n) is 12.3. The maximum atomic E-state index is 10.3. The lowest BCUT2D eigenvalue weighted by Gasteiger charge is -2.44. The fourth-order valence-corrected chi connectivity index (χ4v) is 4.28. The van der Waals surface area contributed by atoms with Crippen molar-refractivity contribution in [1.82, 2.24) is 0 Å². The van der Waals surface area contributed by atoms with Gasteiger partial charge in [0.25, 0.3) is 0 Å². The highest BCUT2D eigenvalue weighted by Crippen LogP contribution is 2.29. The van der Waals surface area contributed by atoms with E-state index < -0.39 is 118 Å². The first-order chi connectivity index (χ1) is 17.7. The molecule has 0 aromatic rings. The zero-order valence-electron chi connectivity index (χ0n) is 21.2. The molecule has 3 aliphatic heterocycles. The summed E-state index contributed by atoms with van der Waals surface area (Å²) in [5.41, 5.74) is -0.768. The molecule has 0 aromatic heterocycles. The molecule has 3 fully saturated rings. The second kappa shape index (κ2) is 12.9. The fraction of sp³-hybridized carbons (Fsp3) is 1.00. The van der Waals surface area contributed by atoms with Crippen LogP contribution in [0.4, 0.5) is 0 Å². The minimum Gasteiger partial charge on any atom is -0.394 e. The molecule has 0 spiro atoms. The van der Waals surface area contributed by atoms with Gasteiger partial charge in [-0.15, -0.1) is 0 Å². The number of aliphatic hydroxyl groups is 10. The van der Waals surface area contributed by atoms with Crippen LogP contribution >= 0.6 is 0 Å². The largest absolute Gasteiger partial charge is 0.394 e. The highest BCUT2D eigenvalue weighted by atomic mass is 16.7. The highest BCUT2D eigenvalue weighted by Gasteiger charge is 2.49. The van der Waals surface area contributed by atoms with Crippen LogP contribution in [0.2, 0.25) is 0 Å². The molecule has 16 nitrogen and oxygen atoms in total. The van der Waals surface area contributed by atoms with Crippen LogP contribution in [-0.2, 0) is 28.4 Å². The molecule has 0 bridgehead atoms. The number of aliphatic hydroxyl groups excluding tert-OH is 10. The first kappa shape index (κ1) is 31.9. The predicted octanol–water partition coefficient (Wildman–Crippen LogP) is -5.75. The Hall–Kier alpha value is -0.640. The van der Waals surface area contributed by atoms with Crippen LogP contribution in [0.25, 0.3) is 0 Å². The van der Waals surface area contributed by atoms with Crippen molar-refractivity contribution in [2.24, 2.45) is 0 Å². The number of hydrogen-bond acceptors (Lipinski definition) is 16. The molecule has 0 aliphatic carbocycles. The zero-order valence-corrected chi connectivity index (χ0v) is 21.2. The van der Waals surface area contributed by atoms with Crippen molar-refractivity contribution < 1.29 is 79.5 Å². The van der Waals surface area contributed by atoms with Crippen molar-refractivity contribution >= 4 is 0 Å². The van der Waals surface area contributed by atoms with Crippen LogP contribution in [0, 0.1) is 0 Å². The van der Waals surface area contributed by atoms with Crippen LogP contribution < -0.4 is 0 Å². The van der Waals surface area contributed by atoms with Gasteiger partial charge in [0.1, 0.15) is 73.2 Å². The lowest BCUT2D eigenvalue weighted by Crippen LogP contribution is -2.63. The summed E-state index contributed by atoms with van der Waals surface area (Å²) in [6.45, 7) is 3.34. The van der Waals surface area contributed by atoms with Crippen LogP contribution in [0.3, 0.4) is 0 Å². The summed E-state index contributed by atoms with van der Waals surface area (Å²) in [6, 6.07) is 0. The molecule has 0 saturated carbocycles. The average Bonchev–Trinajstić information content (AvgIpc) is 2.86. The molecule has 0 aromatic carbocycles. The van der Waals surface area contributed by atoms with Crippen molar-refractivity contribution in [3.05, 3.63) is 0 Å². The van der Waals surface area contributed by atoms with E-state index >= 15 is 0 Å². The molecule has 3 saturated heterocycles. The van der Waals surface area contributed by atoms with Gasteiger partial charge in [-0.2, -0.15) is 0 Å². The first-order valence-corrected chi connectivity index (χ1v) is 12.3.